The zero-order valence-corrected chi connectivity index (χ0v) is 14.1. The number of carbonyl (C=O) groups is 2. The van der Waals surface area contributed by atoms with Crippen LogP contribution in [0.3, 0.4) is 0 Å². The fraction of sp³-hybridized carbons (Fsp3) is 0.529. The molecular weight excluding hydrogens is 296 g/mol. The minimum atomic E-state index is -0.500. The van der Waals surface area contributed by atoms with Crippen molar-refractivity contribution >= 4 is 12.1 Å². The van der Waals surface area contributed by atoms with Gasteiger partial charge in [0, 0.05) is 19.6 Å². The number of methoxy groups -OCH3 is 1. The van der Waals surface area contributed by atoms with Crippen molar-refractivity contribution < 1.29 is 19.1 Å². The number of carbonyl (C=O) groups excluding carboxylic acids is 2. The SMILES string of the molecule is COC(=O)c1ccc([C@H]2CN(C(=O)OC(C)(C)C)CCN2)cc1. The molecule has 1 fully saturated rings. The van der Waals surface area contributed by atoms with Crippen molar-refractivity contribution in [1.82, 2.24) is 10.2 Å². The van der Waals surface area contributed by atoms with Crippen LogP contribution in [0.15, 0.2) is 24.3 Å². The summed E-state index contributed by atoms with van der Waals surface area (Å²) in [5, 5.41) is 3.38. The van der Waals surface area contributed by atoms with Gasteiger partial charge in [-0.1, -0.05) is 12.1 Å². The van der Waals surface area contributed by atoms with Crippen molar-refractivity contribution in [2.45, 2.75) is 32.4 Å². The van der Waals surface area contributed by atoms with E-state index in [2.05, 4.69) is 5.32 Å². The van der Waals surface area contributed by atoms with Crippen LogP contribution in [-0.4, -0.2) is 49.3 Å². The summed E-state index contributed by atoms with van der Waals surface area (Å²) in [5.41, 5.74) is 1.03. The molecule has 1 N–H and O–H groups in total. The van der Waals surface area contributed by atoms with E-state index in [-0.39, 0.29) is 18.1 Å². The summed E-state index contributed by atoms with van der Waals surface area (Å²) in [6.45, 7) is 7.42. The highest BCUT2D eigenvalue weighted by atomic mass is 16.6. The van der Waals surface area contributed by atoms with E-state index in [1.54, 1.807) is 17.0 Å². The molecule has 0 spiro atoms. The van der Waals surface area contributed by atoms with Crippen LogP contribution in [-0.2, 0) is 9.47 Å². The Kier molecular flexibility index (Phi) is 5.26. The summed E-state index contributed by atoms with van der Waals surface area (Å²) in [6.07, 6.45) is -0.296. The first kappa shape index (κ1) is 17.3. The Labute approximate surface area is 136 Å². The van der Waals surface area contributed by atoms with Crippen molar-refractivity contribution in [3.8, 4) is 0 Å². The monoisotopic (exact) mass is 320 g/mol. The van der Waals surface area contributed by atoms with Gasteiger partial charge in [0.15, 0.2) is 0 Å². The van der Waals surface area contributed by atoms with Crippen molar-refractivity contribution in [2.24, 2.45) is 0 Å². The van der Waals surface area contributed by atoms with Gasteiger partial charge in [-0.3, -0.25) is 0 Å². The molecule has 0 saturated carbocycles. The summed E-state index contributed by atoms with van der Waals surface area (Å²) in [5.74, 6) is -0.358. The zero-order valence-electron chi connectivity index (χ0n) is 14.1. The molecule has 1 aromatic rings. The maximum atomic E-state index is 12.2. The van der Waals surface area contributed by atoms with Gasteiger partial charge in [0.1, 0.15) is 5.60 Å². The van der Waals surface area contributed by atoms with Crippen molar-refractivity contribution in [1.29, 1.82) is 0 Å². The Hall–Kier alpha value is -2.08. The van der Waals surface area contributed by atoms with E-state index in [0.717, 1.165) is 5.56 Å². The number of nitrogens with one attached hydrogen (secondary N) is 1. The Morgan fingerprint density at radius 3 is 2.43 bits per heavy atom. The maximum Gasteiger partial charge on any atom is 0.410 e. The minimum absolute atomic E-state index is 0.0166. The standard InChI is InChI=1S/C17H24N2O4/c1-17(2,3)23-16(21)19-10-9-18-14(11-19)12-5-7-13(8-6-12)15(20)22-4/h5-8,14,18H,9-11H2,1-4H3/t14-/m1/s1. The quantitative estimate of drug-likeness (QED) is 0.847. The van der Waals surface area contributed by atoms with Crippen LogP contribution in [0.2, 0.25) is 0 Å². The lowest BCUT2D eigenvalue weighted by Crippen LogP contribution is -2.49. The molecule has 1 aliphatic rings. The minimum Gasteiger partial charge on any atom is -0.465 e. The van der Waals surface area contributed by atoms with E-state index < -0.39 is 5.60 Å². The fourth-order valence-corrected chi connectivity index (χ4v) is 2.43. The number of rotatable bonds is 2. The molecule has 6 nitrogen and oxygen atoms in total. The normalized spacial score (nSPS) is 18.4. The largest absolute Gasteiger partial charge is 0.465 e. The van der Waals surface area contributed by atoms with E-state index in [9.17, 15) is 9.59 Å². The molecule has 0 unspecified atom stereocenters. The number of hydrogen-bond donors (Lipinski definition) is 1. The van der Waals surface area contributed by atoms with Crippen LogP contribution < -0.4 is 5.32 Å². The van der Waals surface area contributed by atoms with Gasteiger partial charge in [-0.15, -0.1) is 0 Å². The van der Waals surface area contributed by atoms with Crippen molar-refractivity contribution in [3.63, 3.8) is 0 Å². The summed E-state index contributed by atoms with van der Waals surface area (Å²) in [6, 6.07) is 7.23. The Morgan fingerprint density at radius 1 is 1.22 bits per heavy atom. The highest BCUT2D eigenvalue weighted by Crippen LogP contribution is 2.20. The number of piperazine rings is 1. The van der Waals surface area contributed by atoms with Crippen molar-refractivity contribution in [3.05, 3.63) is 35.4 Å². The molecule has 126 valence electrons. The van der Waals surface area contributed by atoms with Crippen LogP contribution in [0.25, 0.3) is 0 Å². The molecule has 0 aliphatic carbocycles. The fourth-order valence-electron chi connectivity index (χ4n) is 2.43. The molecule has 1 saturated heterocycles. The van der Waals surface area contributed by atoms with E-state index in [4.69, 9.17) is 9.47 Å². The molecule has 2 rings (SSSR count). The lowest BCUT2D eigenvalue weighted by molar-refractivity contribution is 0.0195. The summed E-state index contributed by atoms with van der Waals surface area (Å²) in [7, 11) is 1.36. The summed E-state index contributed by atoms with van der Waals surface area (Å²) in [4.78, 5) is 25.4. The molecule has 1 heterocycles. The van der Waals surface area contributed by atoms with Crippen LogP contribution in [0.4, 0.5) is 4.79 Å². The van der Waals surface area contributed by atoms with Gasteiger partial charge in [0.25, 0.3) is 0 Å². The van der Waals surface area contributed by atoms with Gasteiger partial charge >= 0.3 is 12.1 Å². The first-order valence-corrected chi connectivity index (χ1v) is 7.70. The van der Waals surface area contributed by atoms with Gasteiger partial charge in [-0.25, -0.2) is 9.59 Å². The molecule has 23 heavy (non-hydrogen) atoms. The van der Waals surface area contributed by atoms with Gasteiger partial charge in [-0.2, -0.15) is 0 Å². The maximum absolute atomic E-state index is 12.2. The Balaban J connectivity index is 2.03. The van der Waals surface area contributed by atoms with Gasteiger partial charge in [-0.05, 0) is 38.5 Å². The number of benzene rings is 1. The summed E-state index contributed by atoms with van der Waals surface area (Å²) < 4.78 is 10.1. The van der Waals surface area contributed by atoms with Crippen LogP contribution in [0, 0.1) is 0 Å². The third-order valence-electron chi connectivity index (χ3n) is 3.56. The third kappa shape index (κ3) is 4.69. The third-order valence-corrected chi connectivity index (χ3v) is 3.56. The Bertz CT molecular complexity index is 563. The number of amides is 1. The van der Waals surface area contributed by atoms with E-state index in [1.165, 1.54) is 7.11 Å². The molecule has 6 heteroatoms. The second kappa shape index (κ2) is 7.00. The molecular formula is C17H24N2O4. The predicted molar refractivity (Wildman–Crippen MR) is 86.3 cm³/mol. The lowest BCUT2D eigenvalue weighted by Gasteiger charge is -2.35. The molecule has 0 aromatic heterocycles. The van der Waals surface area contributed by atoms with Crippen LogP contribution >= 0.6 is 0 Å². The highest BCUT2D eigenvalue weighted by molar-refractivity contribution is 5.89. The molecule has 1 amide bonds. The molecule has 0 bridgehead atoms. The van der Waals surface area contributed by atoms with Crippen LogP contribution in [0.5, 0.6) is 0 Å². The predicted octanol–water partition coefficient (Wildman–Crippen LogP) is 2.35. The van der Waals surface area contributed by atoms with Gasteiger partial charge < -0.3 is 19.7 Å². The molecule has 1 aliphatic heterocycles. The van der Waals surface area contributed by atoms with E-state index in [1.807, 2.05) is 32.9 Å². The Morgan fingerprint density at radius 2 is 1.87 bits per heavy atom. The van der Waals surface area contributed by atoms with Crippen LogP contribution in [0.1, 0.15) is 42.7 Å². The van der Waals surface area contributed by atoms with E-state index >= 15 is 0 Å². The smallest absolute Gasteiger partial charge is 0.410 e. The molecule has 1 atom stereocenters. The van der Waals surface area contributed by atoms with Crippen molar-refractivity contribution in [2.75, 3.05) is 26.7 Å². The van der Waals surface area contributed by atoms with Gasteiger partial charge in [0.2, 0.25) is 0 Å². The lowest BCUT2D eigenvalue weighted by atomic mass is 10.0. The molecule has 1 aromatic carbocycles. The second-order valence-electron chi connectivity index (χ2n) is 6.55. The zero-order chi connectivity index (χ0) is 17.0. The first-order valence-electron chi connectivity index (χ1n) is 7.70. The number of ether oxygens (including phenoxy) is 2. The van der Waals surface area contributed by atoms with E-state index in [0.29, 0.717) is 25.2 Å². The molecule has 0 radical (unpaired) electrons. The number of esters is 1. The van der Waals surface area contributed by atoms with Gasteiger partial charge in [0.05, 0.1) is 18.7 Å². The second-order valence-corrected chi connectivity index (χ2v) is 6.55. The first-order chi connectivity index (χ1) is 10.8. The summed E-state index contributed by atoms with van der Waals surface area (Å²) >= 11 is 0. The topological polar surface area (TPSA) is 67.9 Å². The number of nitrogens with zero attached hydrogens (tertiary/aromatic N) is 1. The average Bonchev–Trinajstić information content (AvgIpc) is 2.53. The number of hydrogen-bond acceptors (Lipinski definition) is 5. The highest BCUT2D eigenvalue weighted by Gasteiger charge is 2.28. The average molecular weight is 320 g/mol.